The third-order valence-corrected chi connectivity index (χ3v) is 8.42. The molecule has 0 bridgehead atoms. The molecule has 126 valence electrons. The minimum atomic E-state index is -0.223. The van der Waals surface area contributed by atoms with Crippen LogP contribution >= 0.6 is 0 Å². The van der Waals surface area contributed by atoms with Crippen LogP contribution in [0, 0.1) is 51.8 Å². The van der Waals surface area contributed by atoms with E-state index in [1.165, 1.54) is 0 Å². The van der Waals surface area contributed by atoms with Crippen molar-refractivity contribution >= 4 is 11.7 Å². The molecule has 0 unspecified atom stereocenters. The van der Waals surface area contributed by atoms with Gasteiger partial charge in [-0.25, -0.2) is 0 Å². The van der Waals surface area contributed by atoms with Gasteiger partial charge in [-0.05, 0) is 63.2 Å². The molecule has 0 aromatic carbocycles. The molecule has 0 aliphatic heterocycles. The summed E-state index contributed by atoms with van der Waals surface area (Å²) in [6, 6.07) is 0.543. The second-order valence-electron chi connectivity index (χ2n) is 10.5. The zero-order valence-corrected chi connectivity index (χ0v) is 15.4. The highest BCUT2D eigenvalue weighted by molar-refractivity contribution is 6.03. The molecule has 23 heavy (non-hydrogen) atoms. The fourth-order valence-corrected chi connectivity index (χ4v) is 8.35. The molecule has 0 N–H and O–H groups in total. The average molecular weight is 315 g/mol. The molecule has 3 nitrogen and oxygen atoms in total. The first kappa shape index (κ1) is 14.5. The van der Waals surface area contributed by atoms with Crippen LogP contribution in [0.4, 0.5) is 0 Å². The van der Waals surface area contributed by atoms with Crippen LogP contribution in [0.3, 0.4) is 0 Å². The predicted molar refractivity (Wildman–Crippen MR) is 87.4 cm³/mol. The van der Waals surface area contributed by atoms with E-state index in [4.69, 9.17) is 0 Å². The Balaban J connectivity index is 1.42. The van der Waals surface area contributed by atoms with Gasteiger partial charge in [0.15, 0.2) is 0 Å². The molecular formula is C20H29NO2. The highest BCUT2D eigenvalue weighted by Crippen LogP contribution is 3.10. The first-order valence-corrected chi connectivity index (χ1v) is 9.44. The Morgan fingerprint density at radius 3 is 1.43 bits per heavy atom. The number of ketones is 1. The van der Waals surface area contributed by atoms with E-state index in [1.54, 1.807) is 0 Å². The summed E-state index contributed by atoms with van der Waals surface area (Å²) in [4.78, 5) is 28.4. The van der Waals surface area contributed by atoms with Crippen LogP contribution in [-0.4, -0.2) is 28.7 Å². The SMILES string of the molecule is CC(C)N(C(=O)C12C3C4C1C1C2C3C41C(=O)C(C)(C)C)C(C)C. The van der Waals surface area contributed by atoms with E-state index in [1.807, 2.05) is 0 Å². The van der Waals surface area contributed by atoms with Crippen LogP contribution in [0.25, 0.3) is 0 Å². The summed E-state index contributed by atoms with van der Waals surface area (Å²) in [6.07, 6.45) is 0. The van der Waals surface area contributed by atoms with Crippen molar-refractivity contribution in [2.24, 2.45) is 51.8 Å². The monoisotopic (exact) mass is 315 g/mol. The van der Waals surface area contributed by atoms with E-state index >= 15 is 0 Å². The molecule has 1 amide bonds. The van der Waals surface area contributed by atoms with Gasteiger partial charge < -0.3 is 4.90 Å². The summed E-state index contributed by atoms with van der Waals surface area (Å²) in [5.74, 6) is 4.30. The summed E-state index contributed by atoms with van der Waals surface area (Å²) in [6.45, 7) is 14.7. The maximum atomic E-state index is 13.3. The summed E-state index contributed by atoms with van der Waals surface area (Å²) in [5.41, 5.74) is -0.214. The van der Waals surface area contributed by atoms with Gasteiger partial charge in [-0.15, -0.1) is 0 Å². The van der Waals surface area contributed by atoms with Gasteiger partial charge in [-0.1, -0.05) is 20.8 Å². The lowest BCUT2D eigenvalue weighted by molar-refractivity contribution is -0.626. The van der Waals surface area contributed by atoms with Gasteiger partial charge in [-0.3, -0.25) is 9.59 Å². The fraction of sp³-hybridized carbons (Fsp3) is 0.900. The van der Waals surface area contributed by atoms with Gasteiger partial charge in [-0.2, -0.15) is 0 Å². The second-order valence-corrected chi connectivity index (χ2v) is 10.5. The van der Waals surface area contributed by atoms with Crippen molar-refractivity contribution in [3.63, 3.8) is 0 Å². The van der Waals surface area contributed by atoms with Gasteiger partial charge >= 0.3 is 0 Å². The Bertz CT molecular complexity index is 591. The second kappa shape index (κ2) is 3.41. The zero-order chi connectivity index (χ0) is 16.9. The van der Waals surface area contributed by atoms with Crippen LogP contribution in [0.1, 0.15) is 48.5 Å². The lowest BCUT2D eigenvalue weighted by Gasteiger charge is -3.10. The fourth-order valence-electron chi connectivity index (χ4n) is 8.35. The van der Waals surface area contributed by atoms with E-state index < -0.39 is 0 Å². The average Bonchev–Trinajstić information content (AvgIpc) is 2.44. The Hall–Kier alpha value is -0.860. The standard InChI is InChI=1S/C20H29NO2/c1-8(2)21(9(3)4)17(23)20-13-10-14(20)12-15(20)11(13)19(10,12)16(22)18(5,6)7/h8-15H,1-7H3. The first-order chi connectivity index (χ1) is 10.6. The van der Waals surface area contributed by atoms with Gasteiger partial charge in [0.2, 0.25) is 5.91 Å². The largest absolute Gasteiger partial charge is 0.337 e. The van der Waals surface area contributed by atoms with Crippen molar-refractivity contribution in [1.29, 1.82) is 0 Å². The van der Waals surface area contributed by atoms with Gasteiger partial charge in [0.1, 0.15) is 5.78 Å². The Labute approximate surface area is 139 Å². The Morgan fingerprint density at radius 2 is 1.13 bits per heavy atom. The summed E-state index contributed by atoms with van der Waals surface area (Å²) >= 11 is 0. The number of carbonyl (C=O) groups excluding carboxylic acids is 2. The van der Waals surface area contributed by atoms with Gasteiger partial charge in [0, 0.05) is 22.9 Å². The van der Waals surface area contributed by atoms with Crippen LogP contribution in [-0.2, 0) is 9.59 Å². The van der Waals surface area contributed by atoms with Crippen molar-refractivity contribution in [3.8, 4) is 0 Å². The summed E-state index contributed by atoms with van der Waals surface area (Å²) < 4.78 is 0. The third kappa shape index (κ3) is 0.975. The molecule has 3 heteroatoms. The van der Waals surface area contributed by atoms with Gasteiger partial charge in [0.25, 0.3) is 0 Å². The molecule has 6 aliphatic carbocycles. The Kier molecular flexibility index (Phi) is 2.15. The summed E-state index contributed by atoms with van der Waals surface area (Å²) in [7, 11) is 0. The van der Waals surface area contributed by atoms with E-state index in [0.29, 0.717) is 47.2 Å². The molecule has 0 atom stereocenters. The van der Waals surface area contributed by atoms with E-state index in [-0.39, 0.29) is 28.3 Å². The van der Waals surface area contributed by atoms with Crippen LogP contribution in [0.5, 0.6) is 0 Å². The molecule has 0 heterocycles. The summed E-state index contributed by atoms with van der Waals surface area (Å²) in [5, 5.41) is 0. The number of amides is 1. The van der Waals surface area contributed by atoms with Crippen molar-refractivity contribution in [1.82, 2.24) is 4.90 Å². The smallest absolute Gasteiger partial charge is 0.230 e. The van der Waals surface area contributed by atoms with E-state index in [9.17, 15) is 9.59 Å². The molecule has 0 spiro atoms. The van der Waals surface area contributed by atoms with Crippen molar-refractivity contribution in [3.05, 3.63) is 0 Å². The maximum Gasteiger partial charge on any atom is 0.230 e. The van der Waals surface area contributed by atoms with Gasteiger partial charge in [0.05, 0.1) is 5.41 Å². The van der Waals surface area contributed by atoms with Crippen LogP contribution in [0.2, 0.25) is 0 Å². The molecule has 0 saturated heterocycles. The molecule has 0 radical (unpaired) electrons. The molecule has 0 aromatic heterocycles. The van der Waals surface area contributed by atoms with Crippen LogP contribution in [0.15, 0.2) is 0 Å². The number of Topliss-reactive ketones (excluding diaryl/α,β-unsaturated/α-hetero) is 1. The van der Waals surface area contributed by atoms with E-state index in [0.717, 1.165) is 0 Å². The highest BCUT2D eigenvalue weighted by Gasteiger charge is 3.12. The van der Waals surface area contributed by atoms with Crippen molar-refractivity contribution < 1.29 is 9.59 Å². The maximum absolute atomic E-state index is 13.3. The number of carbonyl (C=O) groups is 2. The number of hydrogen-bond acceptors (Lipinski definition) is 2. The highest BCUT2D eigenvalue weighted by atomic mass is 16.2. The number of hydrogen-bond donors (Lipinski definition) is 0. The predicted octanol–water partition coefficient (Wildman–Crippen LogP) is 2.99. The topological polar surface area (TPSA) is 37.4 Å². The molecule has 6 rings (SSSR count). The van der Waals surface area contributed by atoms with Crippen molar-refractivity contribution in [2.75, 3.05) is 0 Å². The number of nitrogens with zero attached hydrogens (tertiary/aromatic N) is 1. The quantitative estimate of drug-likeness (QED) is 0.800. The number of rotatable bonds is 4. The molecule has 6 aliphatic rings. The van der Waals surface area contributed by atoms with E-state index in [2.05, 4.69) is 53.4 Å². The zero-order valence-electron chi connectivity index (χ0n) is 15.4. The molecule has 0 aromatic rings. The minimum Gasteiger partial charge on any atom is -0.337 e. The first-order valence-electron chi connectivity index (χ1n) is 9.44. The van der Waals surface area contributed by atoms with Crippen LogP contribution < -0.4 is 0 Å². The molecule has 6 fully saturated rings. The lowest BCUT2D eigenvalue weighted by atomic mass is 8.91. The third-order valence-electron chi connectivity index (χ3n) is 8.42. The lowest BCUT2D eigenvalue weighted by Crippen LogP contribution is -3.12. The normalized spacial score (nSPS) is 52.7. The Morgan fingerprint density at radius 1 is 0.783 bits per heavy atom. The molecule has 6 saturated carbocycles. The minimum absolute atomic E-state index is 0.0194. The molecular weight excluding hydrogens is 286 g/mol. The van der Waals surface area contributed by atoms with Crippen molar-refractivity contribution in [2.45, 2.75) is 60.5 Å².